The standard InChI is InChI=1S/C15H13Br2NO2/c16-12-6-4-11(5-7-12)15(19)18-8-9-20-14-3-1-2-13(17)10-14/h1-7,10H,8-9H2,(H,18,19). The van der Waals surface area contributed by atoms with Gasteiger partial charge in [-0.05, 0) is 42.5 Å². The summed E-state index contributed by atoms with van der Waals surface area (Å²) in [6.07, 6.45) is 0. The Morgan fingerprint density at radius 2 is 1.80 bits per heavy atom. The monoisotopic (exact) mass is 397 g/mol. The Hall–Kier alpha value is -1.33. The normalized spacial score (nSPS) is 10.1. The molecule has 104 valence electrons. The van der Waals surface area contributed by atoms with Gasteiger partial charge in [-0.3, -0.25) is 4.79 Å². The Labute approximate surface area is 134 Å². The minimum absolute atomic E-state index is 0.102. The molecule has 1 N–H and O–H groups in total. The molecule has 0 aliphatic rings. The van der Waals surface area contributed by atoms with Crippen LogP contribution in [0.4, 0.5) is 0 Å². The van der Waals surface area contributed by atoms with E-state index in [0.29, 0.717) is 18.7 Å². The van der Waals surface area contributed by atoms with E-state index in [-0.39, 0.29) is 5.91 Å². The molecule has 0 radical (unpaired) electrons. The lowest BCUT2D eigenvalue weighted by Crippen LogP contribution is -2.28. The van der Waals surface area contributed by atoms with E-state index in [0.717, 1.165) is 14.7 Å². The fourth-order valence-electron chi connectivity index (χ4n) is 1.59. The summed E-state index contributed by atoms with van der Waals surface area (Å²) < 4.78 is 7.46. The highest BCUT2D eigenvalue weighted by Crippen LogP contribution is 2.17. The second-order valence-electron chi connectivity index (χ2n) is 4.07. The van der Waals surface area contributed by atoms with Crippen LogP contribution in [0, 0.1) is 0 Å². The lowest BCUT2D eigenvalue weighted by molar-refractivity contribution is 0.0947. The molecule has 0 heterocycles. The molecule has 0 spiro atoms. The fraction of sp³-hybridized carbons (Fsp3) is 0.133. The van der Waals surface area contributed by atoms with Crippen LogP contribution in [0.25, 0.3) is 0 Å². The molecule has 0 aromatic heterocycles. The minimum atomic E-state index is -0.102. The highest BCUT2D eigenvalue weighted by atomic mass is 79.9. The zero-order valence-electron chi connectivity index (χ0n) is 10.6. The van der Waals surface area contributed by atoms with E-state index in [2.05, 4.69) is 37.2 Å². The summed E-state index contributed by atoms with van der Waals surface area (Å²) in [5, 5.41) is 2.81. The number of hydrogen-bond donors (Lipinski definition) is 1. The number of ether oxygens (including phenoxy) is 1. The summed E-state index contributed by atoms with van der Waals surface area (Å²) in [6, 6.07) is 14.8. The summed E-state index contributed by atoms with van der Waals surface area (Å²) in [4.78, 5) is 11.8. The van der Waals surface area contributed by atoms with Gasteiger partial charge < -0.3 is 10.1 Å². The van der Waals surface area contributed by atoms with E-state index in [1.807, 2.05) is 36.4 Å². The molecule has 20 heavy (non-hydrogen) atoms. The van der Waals surface area contributed by atoms with Crippen molar-refractivity contribution < 1.29 is 9.53 Å². The molecule has 3 nitrogen and oxygen atoms in total. The van der Waals surface area contributed by atoms with E-state index >= 15 is 0 Å². The van der Waals surface area contributed by atoms with Gasteiger partial charge in [0.05, 0.1) is 6.54 Å². The molecule has 0 fully saturated rings. The number of hydrogen-bond acceptors (Lipinski definition) is 2. The summed E-state index contributed by atoms with van der Waals surface area (Å²) >= 11 is 6.71. The Morgan fingerprint density at radius 1 is 1.05 bits per heavy atom. The van der Waals surface area contributed by atoms with E-state index in [4.69, 9.17) is 4.74 Å². The Balaban J connectivity index is 1.76. The third-order valence-corrected chi connectivity index (χ3v) is 3.58. The average molecular weight is 399 g/mol. The first-order valence-corrected chi connectivity index (χ1v) is 7.66. The van der Waals surface area contributed by atoms with Gasteiger partial charge in [0.25, 0.3) is 5.91 Å². The number of amides is 1. The van der Waals surface area contributed by atoms with E-state index < -0.39 is 0 Å². The first-order chi connectivity index (χ1) is 9.65. The van der Waals surface area contributed by atoms with Crippen LogP contribution < -0.4 is 10.1 Å². The van der Waals surface area contributed by atoms with Crippen LogP contribution in [0.1, 0.15) is 10.4 Å². The van der Waals surface area contributed by atoms with Crippen molar-refractivity contribution in [3.63, 3.8) is 0 Å². The second-order valence-corrected chi connectivity index (χ2v) is 5.90. The first kappa shape index (κ1) is 15.1. The smallest absolute Gasteiger partial charge is 0.251 e. The molecule has 0 saturated carbocycles. The third-order valence-electron chi connectivity index (χ3n) is 2.56. The van der Waals surface area contributed by atoms with Gasteiger partial charge in [-0.15, -0.1) is 0 Å². The molecule has 0 atom stereocenters. The van der Waals surface area contributed by atoms with Crippen LogP contribution in [0.2, 0.25) is 0 Å². The van der Waals surface area contributed by atoms with Crippen LogP contribution in [-0.4, -0.2) is 19.1 Å². The first-order valence-electron chi connectivity index (χ1n) is 6.07. The summed E-state index contributed by atoms with van der Waals surface area (Å²) in [5.41, 5.74) is 0.635. The van der Waals surface area contributed by atoms with Crippen molar-refractivity contribution >= 4 is 37.8 Å². The molecule has 0 unspecified atom stereocenters. The summed E-state index contributed by atoms with van der Waals surface area (Å²) in [7, 11) is 0. The molecule has 2 aromatic rings. The van der Waals surface area contributed by atoms with Crippen LogP contribution in [0.3, 0.4) is 0 Å². The third kappa shape index (κ3) is 4.65. The molecule has 2 rings (SSSR count). The molecule has 0 aliphatic carbocycles. The average Bonchev–Trinajstić information content (AvgIpc) is 2.44. The summed E-state index contributed by atoms with van der Waals surface area (Å²) in [6.45, 7) is 0.889. The number of halogens is 2. The van der Waals surface area contributed by atoms with Crippen molar-refractivity contribution in [1.29, 1.82) is 0 Å². The zero-order chi connectivity index (χ0) is 14.4. The minimum Gasteiger partial charge on any atom is -0.492 e. The molecule has 0 saturated heterocycles. The van der Waals surface area contributed by atoms with Crippen molar-refractivity contribution in [3.8, 4) is 5.75 Å². The maximum absolute atomic E-state index is 11.8. The van der Waals surface area contributed by atoms with Gasteiger partial charge in [0.15, 0.2) is 0 Å². The highest BCUT2D eigenvalue weighted by molar-refractivity contribution is 9.10. The second kappa shape index (κ2) is 7.45. The number of carbonyl (C=O) groups is 1. The molecule has 0 bridgehead atoms. The van der Waals surface area contributed by atoms with Crippen molar-refractivity contribution in [2.75, 3.05) is 13.2 Å². The number of carbonyl (C=O) groups excluding carboxylic acids is 1. The summed E-state index contributed by atoms with van der Waals surface area (Å²) in [5.74, 6) is 0.674. The van der Waals surface area contributed by atoms with E-state index in [1.165, 1.54) is 0 Å². The van der Waals surface area contributed by atoms with Gasteiger partial charge in [-0.25, -0.2) is 0 Å². The van der Waals surface area contributed by atoms with Gasteiger partial charge in [-0.2, -0.15) is 0 Å². The SMILES string of the molecule is O=C(NCCOc1cccc(Br)c1)c1ccc(Br)cc1. The van der Waals surface area contributed by atoms with Crippen LogP contribution in [0.5, 0.6) is 5.75 Å². The van der Waals surface area contributed by atoms with Gasteiger partial charge in [0.2, 0.25) is 0 Å². The molecule has 2 aromatic carbocycles. The van der Waals surface area contributed by atoms with E-state index in [1.54, 1.807) is 12.1 Å². The number of nitrogens with one attached hydrogen (secondary N) is 1. The maximum Gasteiger partial charge on any atom is 0.251 e. The van der Waals surface area contributed by atoms with Gasteiger partial charge in [0.1, 0.15) is 12.4 Å². The van der Waals surface area contributed by atoms with Crippen molar-refractivity contribution in [2.45, 2.75) is 0 Å². The van der Waals surface area contributed by atoms with Crippen LogP contribution in [-0.2, 0) is 0 Å². The van der Waals surface area contributed by atoms with Crippen LogP contribution in [0.15, 0.2) is 57.5 Å². The zero-order valence-corrected chi connectivity index (χ0v) is 13.8. The predicted molar refractivity (Wildman–Crippen MR) is 86.1 cm³/mol. The van der Waals surface area contributed by atoms with Crippen molar-refractivity contribution in [2.24, 2.45) is 0 Å². The highest BCUT2D eigenvalue weighted by Gasteiger charge is 2.04. The maximum atomic E-state index is 11.8. The van der Waals surface area contributed by atoms with Gasteiger partial charge in [-0.1, -0.05) is 37.9 Å². The molecule has 1 amide bonds. The molecule has 0 aliphatic heterocycles. The lowest BCUT2D eigenvalue weighted by Gasteiger charge is -2.08. The number of benzene rings is 2. The Kier molecular flexibility index (Phi) is 5.61. The Bertz CT molecular complexity index is 585. The topological polar surface area (TPSA) is 38.3 Å². The lowest BCUT2D eigenvalue weighted by atomic mass is 10.2. The molecule has 5 heteroatoms. The number of rotatable bonds is 5. The van der Waals surface area contributed by atoms with Crippen molar-refractivity contribution in [3.05, 3.63) is 63.0 Å². The quantitative estimate of drug-likeness (QED) is 0.772. The largest absolute Gasteiger partial charge is 0.492 e. The van der Waals surface area contributed by atoms with Crippen LogP contribution >= 0.6 is 31.9 Å². The molecular formula is C15H13Br2NO2. The predicted octanol–water partition coefficient (Wildman–Crippen LogP) is 4.02. The van der Waals surface area contributed by atoms with Gasteiger partial charge in [0, 0.05) is 14.5 Å². The van der Waals surface area contributed by atoms with Gasteiger partial charge >= 0.3 is 0 Å². The fourth-order valence-corrected chi connectivity index (χ4v) is 2.24. The van der Waals surface area contributed by atoms with Crippen molar-refractivity contribution in [1.82, 2.24) is 5.32 Å². The Morgan fingerprint density at radius 3 is 2.50 bits per heavy atom. The van der Waals surface area contributed by atoms with E-state index in [9.17, 15) is 4.79 Å². The molecular weight excluding hydrogens is 386 g/mol.